The number of methoxy groups -OCH3 is 1. The van der Waals surface area contributed by atoms with E-state index in [9.17, 15) is 9.59 Å². The van der Waals surface area contributed by atoms with Crippen LogP contribution in [-0.2, 0) is 11.3 Å². The quantitative estimate of drug-likeness (QED) is 0.364. The van der Waals surface area contributed by atoms with Gasteiger partial charge in [0.25, 0.3) is 11.8 Å². The highest BCUT2D eigenvalue weighted by Crippen LogP contribution is 2.28. The van der Waals surface area contributed by atoms with Crippen LogP contribution in [0.2, 0.25) is 0 Å². The van der Waals surface area contributed by atoms with E-state index in [0.717, 1.165) is 42.7 Å². The van der Waals surface area contributed by atoms with Crippen molar-refractivity contribution in [3.8, 4) is 11.5 Å². The monoisotopic (exact) mass is 505 g/mol. The van der Waals surface area contributed by atoms with Crippen molar-refractivity contribution in [3.63, 3.8) is 0 Å². The summed E-state index contributed by atoms with van der Waals surface area (Å²) >= 11 is 0. The molecule has 3 aromatic rings. The van der Waals surface area contributed by atoms with Crippen LogP contribution in [0.1, 0.15) is 61.8 Å². The smallest absolute Gasteiger partial charge is 0.271 e. The number of carbonyl (C=O) groups is 2. The molecule has 0 saturated carbocycles. The van der Waals surface area contributed by atoms with Crippen molar-refractivity contribution in [2.45, 2.75) is 65.6 Å². The maximum Gasteiger partial charge on any atom is 0.271 e. The number of carbonyl (C=O) groups excluding carboxylic acids is 2. The molecule has 0 spiro atoms. The predicted molar refractivity (Wildman–Crippen MR) is 143 cm³/mol. The standard InChI is InChI=1S/C28H35N5O4/c1-6-32-20(4)30-23-15-22(11-12-24(23)32)28(35)31-29-16-21-10-13-25(26(14-21)36-5)37-17-27(34)33-18(2)8-7-9-19(33)3/h10-16,18-19H,6-9,17H2,1-5H3,(H,31,35)/b29-16-/t18-,19-/m1/s1. The van der Waals surface area contributed by atoms with Crippen LogP contribution in [0, 0.1) is 6.92 Å². The number of imidazole rings is 1. The summed E-state index contributed by atoms with van der Waals surface area (Å²) in [7, 11) is 1.54. The number of aromatic nitrogens is 2. The van der Waals surface area contributed by atoms with Gasteiger partial charge in [-0.2, -0.15) is 5.10 Å². The fourth-order valence-electron chi connectivity index (χ4n) is 5.03. The Kier molecular flexibility index (Phi) is 8.11. The molecule has 1 fully saturated rings. The lowest BCUT2D eigenvalue weighted by Crippen LogP contribution is -2.49. The Bertz CT molecular complexity index is 1310. The molecule has 9 heteroatoms. The summed E-state index contributed by atoms with van der Waals surface area (Å²) < 4.78 is 13.4. The van der Waals surface area contributed by atoms with E-state index in [1.54, 1.807) is 37.4 Å². The van der Waals surface area contributed by atoms with Crippen LogP contribution in [0.4, 0.5) is 0 Å². The first-order valence-electron chi connectivity index (χ1n) is 12.7. The third-order valence-corrected chi connectivity index (χ3v) is 6.92. The van der Waals surface area contributed by atoms with E-state index >= 15 is 0 Å². The van der Waals surface area contributed by atoms with Gasteiger partial charge >= 0.3 is 0 Å². The molecule has 1 aliphatic rings. The van der Waals surface area contributed by atoms with Crippen LogP contribution in [0.25, 0.3) is 11.0 Å². The Morgan fingerprint density at radius 1 is 1.14 bits per heavy atom. The zero-order chi connectivity index (χ0) is 26.5. The van der Waals surface area contributed by atoms with Crippen LogP contribution in [0.3, 0.4) is 0 Å². The molecule has 1 aromatic heterocycles. The number of aryl methyl sites for hydroxylation is 2. The molecule has 2 atom stereocenters. The third-order valence-electron chi connectivity index (χ3n) is 6.92. The average molecular weight is 506 g/mol. The van der Waals surface area contributed by atoms with Crippen molar-refractivity contribution in [2.24, 2.45) is 5.10 Å². The normalized spacial score (nSPS) is 17.8. The number of amides is 2. The molecule has 0 aliphatic carbocycles. The van der Waals surface area contributed by atoms with Crippen LogP contribution >= 0.6 is 0 Å². The highest BCUT2D eigenvalue weighted by atomic mass is 16.5. The van der Waals surface area contributed by atoms with Crippen LogP contribution in [0.5, 0.6) is 11.5 Å². The first kappa shape index (κ1) is 26.2. The molecule has 1 N–H and O–H groups in total. The fourth-order valence-corrected chi connectivity index (χ4v) is 5.03. The Morgan fingerprint density at radius 2 is 1.89 bits per heavy atom. The minimum absolute atomic E-state index is 0.0232. The molecule has 2 heterocycles. The number of nitrogens with zero attached hydrogens (tertiary/aromatic N) is 4. The minimum Gasteiger partial charge on any atom is -0.493 e. The molecule has 2 aromatic carbocycles. The van der Waals surface area contributed by atoms with Gasteiger partial charge in [-0.25, -0.2) is 10.4 Å². The van der Waals surface area contributed by atoms with Crippen LogP contribution < -0.4 is 14.9 Å². The Balaban J connectivity index is 1.37. The third kappa shape index (κ3) is 5.76. The van der Waals surface area contributed by atoms with E-state index in [-0.39, 0.29) is 30.5 Å². The number of likely N-dealkylation sites (tertiary alicyclic amines) is 1. The summed E-state index contributed by atoms with van der Waals surface area (Å²) in [6.45, 7) is 8.95. The Morgan fingerprint density at radius 3 is 2.59 bits per heavy atom. The molecule has 1 aliphatic heterocycles. The Hall–Kier alpha value is -3.88. The number of benzene rings is 2. The average Bonchev–Trinajstić information content (AvgIpc) is 3.21. The van der Waals surface area contributed by atoms with Crippen molar-refractivity contribution in [1.82, 2.24) is 19.9 Å². The molecule has 0 bridgehead atoms. The van der Waals surface area contributed by atoms with E-state index in [4.69, 9.17) is 9.47 Å². The van der Waals surface area contributed by atoms with Gasteiger partial charge in [0.05, 0.1) is 24.4 Å². The molecule has 37 heavy (non-hydrogen) atoms. The predicted octanol–water partition coefficient (Wildman–Crippen LogP) is 4.31. The summed E-state index contributed by atoms with van der Waals surface area (Å²) in [6.07, 6.45) is 4.70. The van der Waals surface area contributed by atoms with Gasteiger partial charge in [-0.15, -0.1) is 0 Å². The Labute approximate surface area is 217 Å². The van der Waals surface area contributed by atoms with Crippen molar-refractivity contribution >= 4 is 29.1 Å². The molecule has 196 valence electrons. The van der Waals surface area contributed by atoms with Gasteiger partial charge in [-0.3, -0.25) is 9.59 Å². The number of fused-ring (bicyclic) bond motifs is 1. The largest absolute Gasteiger partial charge is 0.493 e. The molecule has 0 radical (unpaired) electrons. The maximum atomic E-state index is 12.8. The van der Waals surface area contributed by atoms with Gasteiger partial charge in [0.1, 0.15) is 5.82 Å². The van der Waals surface area contributed by atoms with E-state index in [2.05, 4.69) is 40.8 Å². The highest BCUT2D eigenvalue weighted by Gasteiger charge is 2.29. The zero-order valence-electron chi connectivity index (χ0n) is 22.2. The minimum atomic E-state index is -0.326. The molecule has 2 amide bonds. The maximum absolute atomic E-state index is 12.8. The van der Waals surface area contributed by atoms with Gasteiger partial charge in [-0.1, -0.05) is 0 Å². The summed E-state index contributed by atoms with van der Waals surface area (Å²) in [5.74, 6) is 1.52. The van der Waals surface area contributed by atoms with E-state index in [0.29, 0.717) is 22.6 Å². The van der Waals surface area contributed by atoms with Crippen molar-refractivity contribution in [2.75, 3.05) is 13.7 Å². The van der Waals surface area contributed by atoms with Gasteiger partial charge in [0.15, 0.2) is 18.1 Å². The van der Waals surface area contributed by atoms with Gasteiger partial charge in [0.2, 0.25) is 0 Å². The van der Waals surface area contributed by atoms with Gasteiger partial charge in [0, 0.05) is 24.2 Å². The number of piperidine rings is 1. The topological polar surface area (TPSA) is 98.1 Å². The van der Waals surface area contributed by atoms with E-state index < -0.39 is 0 Å². The highest BCUT2D eigenvalue weighted by molar-refractivity contribution is 5.98. The van der Waals surface area contributed by atoms with E-state index in [1.807, 2.05) is 17.9 Å². The van der Waals surface area contributed by atoms with Crippen molar-refractivity contribution in [1.29, 1.82) is 0 Å². The number of hydrazone groups is 1. The summed E-state index contributed by atoms with van der Waals surface area (Å²) in [6, 6.07) is 11.1. The number of hydrogen-bond acceptors (Lipinski definition) is 6. The molecule has 9 nitrogen and oxygen atoms in total. The molecular weight excluding hydrogens is 470 g/mol. The number of ether oxygens (including phenoxy) is 2. The SMILES string of the molecule is CCn1c(C)nc2cc(C(=O)N/N=C\c3ccc(OCC(=O)N4[C@H](C)CCC[C@H]4C)c(OC)c3)ccc21. The second-order valence-electron chi connectivity index (χ2n) is 9.43. The molecular formula is C28H35N5O4. The second-order valence-corrected chi connectivity index (χ2v) is 9.43. The zero-order valence-corrected chi connectivity index (χ0v) is 22.2. The van der Waals surface area contributed by atoms with Crippen molar-refractivity contribution in [3.05, 3.63) is 53.3 Å². The lowest BCUT2D eigenvalue weighted by Gasteiger charge is -2.39. The van der Waals surface area contributed by atoms with Gasteiger partial charge in [-0.05, 0) is 88.9 Å². The fraction of sp³-hybridized carbons (Fsp3) is 0.429. The van der Waals surface area contributed by atoms with E-state index in [1.165, 1.54) is 6.21 Å². The summed E-state index contributed by atoms with van der Waals surface area (Å²) in [4.78, 5) is 31.8. The number of hydrogen-bond donors (Lipinski definition) is 1. The lowest BCUT2D eigenvalue weighted by atomic mass is 9.97. The molecule has 4 rings (SSSR count). The molecule has 1 saturated heterocycles. The second kappa shape index (κ2) is 11.5. The number of nitrogens with one attached hydrogen (secondary N) is 1. The van der Waals surface area contributed by atoms with Gasteiger partial charge < -0.3 is 18.9 Å². The number of rotatable bonds is 8. The molecule has 0 unspecified atom stereocenters. The van der Waals surface area contributed by atoms with Crippen LogP contribution in [-0.4, -0.2) is 58.3 Å². The summed E-state index contributed by atoms with van der Waals surface area (Å²) in [5, 5.41) is 4.09. The summed E-state index contributed by atoms with van der Waals surface area (Å²) in [5.41, 5.74) is 5.52. The lowest BCUT2D eigenvalue weighted by molar-refractivity contribution is -0.139. The van der Waals surface area contributed by atoms with Crippen LogP contribution in [0.15, 0.2) is 41.5 Å². The van der Waals surface area contributed by atoms with Crippen molar-refractivity contribution < 1.29 is 19.1 Å². The first-order chi connectivity index (χ1) is 17.8. The first-order valence-corrected chi connectivity index (χ1v) is 12.7.